The molecular weight excluding hydrogens is 398 g/mol. The van der Waals surface area contributed by atoms with Gasteiger partial charge in [-0.05, 0) is 42.9 Å². The smallest absolute Gasteiger partial charge is 0.226 e. The molecule has 2 aromatic carbocycles. The second kappa shape index (κ2) is 9.19. The number of fused-ring (bicyclic) bond motifs is 3. The summed E-state index contributed by atoms with van der Waals surface area (Å²) in [5.41, 5.74) is 4.83. The van der Waals surface area contributed by atoms with E-state index in [9.17, 15) is 9.59 Å². The van der Waals surface area contributed by atoms with Gasteiger partial charge in [0.2, 0.25) is 11.8 Å². The average molecular weight is 430 g/mol. The van der Waals surface area contributed by atoms with Crippen LogP contribution >= 0.6 is 0 Å². The number of hydrogen-bond acceptors (Lipinski definition) is 2. The monoisotopic (exact) mass is 429 g/mol. The van der Waals surface area contributed by atoms with Crippen molar-refractivity contribution in [1.29, 1.82) is 0 Å². The predicted molar refractivity (Wildman–Crippen MR) is 126 cm³/mol. The molecule has 2 atom stereocenters. The fraction of sp³-hybridized carbons (Fsp3) is 0.407. The third kappa shape index (κ3) is 4.16. The average Bonchev–Trinajstić information content (AvgIpc) is 3.22. The Labute approximate surface area is 189 Å². The molecule has 5 heteroatoms. The summed E-state index contributed by atoms with van der Waals surface area (Å²) in [7, 11) is 0. The molecule has 166 valence electrons. The number of nitrogens with one attached hydrogen (secondary N) is 2. The van der Waals surface area contributed by atoms with Crippen molar-refractivity contribution in [3.63, 3.8) is 0 Å². The molecule has 2 N–H and O–H groups in total. The minimum atomic E-state index is -0.212. The number of benzene rings is 2. The maximum Gasteiger partial charge on any atom is 0.226 e. The van der Waals surface area contributed by atoms with Crippen LogP contribution in [-0.2, 0) is 29.0 Å². The normalized spacial score (nSPS) is 20.7. The van der Waals surface area contributed by atoms with Gasteiger partial charge in [-0.2, -0.15) is 0 Å². The third-order valence-electron chi connectivity index (χ3n) is 7.17. The first-order valence-corrected chi connectivity index (χ1v) is 11.9. The second-order valence-corrected chi connectivity index (χ2v) is 9.16. The van der Waals surface area contributed by atoms with Gasteiger partial charge in [0, 0.05) is 41.5 Å². The minimum absolute atomic E-state index is 0.0438. The lowest BCUT2D eigenvalue weighted by atomic mass is 9.77. The fourth-order valence-electron chi connectivity index (χ4n) is 5.46. The fourth-order valence-corrected chi connectivity index (χ4v) is 5.46. The van der Waals surface area contributed by atoms with Gasteiger partial charge < -0.3 is 15.2 Å². The molecule has 2 aliphatic rings. The predicted octanol–water partition coefficient (Wildman–Crippen LogP) is 4.22. The summed E-state index contributed by atoms with van der Waals surface area (Å²) in [6.45, 7) is 1.95. The van der Waals surface area contributed by atoms with Crippen molar-refractivity contribution in [3.8, 4) is 0 Å². The van der Waals surface area contributed by atoms with Gasteiger partial charge in [0.15, 0.2) is 0 Å². The van der Waals surface area contributed by atoms with E-state index in [4.69, 9.17) is 0 Å². The third-order valence-corrected chi connectivity index (χ3v) is 7.17. The number of hydrogen-bond donors (Lipinski definition) is 2. The number of aromatic nitrogens is 1. The number of amides is 2. The van der Waals surface area contributed by atoms with Crippen LogP contribution in [0.15, 0.2) is 54.6 Å². The molecule has 0 saturated heterocycles. The molecule has 2 amide bonds. The molecule has 0 bridgehead atoms. The number of carbonyl (C=O) groups is 2. The molecule has 1 aliphatic carbocycles. The quantitative estimate of drug-likeness (QED) is 0.638. The van der Waals surface area contributed by atoms with Crippen LogP contribution in [0.2, 0.25) is 0 Å². The van der Waals surface area contributed by atoms with Gasteiger partial charge in [-0.15, -0.1) is 0 Å². The molecule has 0 radical (unpaired) electrons. The molecule has 2 heterocycles. The van der Waals surface area contributed by atoms with Crippen molar-refractivity contribution in [2.45, 2.75) is 45.1 Å². The van der Waals surface area contributed by atoms with Crippen molar-refractivity contribution >= 4 is 22.7 Å². The Bertz CT molecular complexity index is 1100. The highest BCUT2D eigenvalue weighted by Gasteiger charge is 2.38. The van der Waals surface area contributed by atoms with Crippen molar-refractivity contribution in [2.75, 3.05) is 13.1 Å². The van der Waals surface area contributed by atoms with E-state index in [-0.39, 0.29) is 23.7 Å². The van der Waals surface area contributed by atoms with Crippen molar-refractivity contribution in [2.24, 2.45) is 11.8 Å². The van der Waals surface area contributed by atoms with Crippen LogP contribution in [-0.4, -0.2) is 34.8 Å². The van der Waals surface area contributed by atoms with E-state index in [0.29, 0.717) is 13.1 Å². The van der Waals surface area contributed by atoms with E-state index in [2.05, 4.69) is 40.6 Å². The van der Waals surface area contributed by atoms with Crippen LogP contribution in [0, 0.1) is 11.8 Å². The largest absolute Gasteiger partial charge is 0.357 e. The molecule has 1 aromatic heterocycles. The molecule has 0 spiro atoms. The van der Waals surface area contributed by atoms with Gasteiger partial charge in [-0.1, -0.05) is 61.4 Å². The molecule has 5 nitrogen and oxygen atoms in total. The van der Waals surface area contributed by atoms with Crippen LogP contribution < -0.4 is 5.32 Å². The Hall–Kier alpha value is -3.08. The van der Waals surface area contributed by atoms with E-state index >= 15 is 0 Å². The molecule has 1 saturated carbocycles. The Kier molecular flexibility index (Phi) is 5.97. The van der Waals surface area contributed by atoms with Crippen molar-refractivity contribution < 1.29 is 9.59 Å². The topological polar surface area (TPSA) is 65.2 Å². The van der Waals surface area contributed by atoms with Crippen LogP contribution in [0.4, 0.5) is 0 Å². The van der Waals surface area contributed by atoms with Crippen LogP contribution in [0.25, 0.3) is 10.9 Å². The van der Waals surface area contributed by atoms with E-state index in [1.165, 1.54) is 16.5 Å². The first kappa shape index (κ1) is 20.8. The van der Waals surface area contributed by atoms with E-state index in [1.54, 1.807) is 0 Å². The zero-order valence-electron chi connectivity index (χ0n) is 18.5. The Morgan fingerprint density at radius 2 is 1.72 bits per heavy atom. The summed E-state index contributed by atoms with van der Waals surface area (Å²) < 4.78 is 0. The van der Waals surface area contributed by atoms with Gasteiger partial charge in [0.05, 0.1) is 6.54 Å². The van der Waals surface area contributed by atoms with Crippen LogP contribution in [0.1, 0.15) is 42.5 Å². The van der Waals surface area contributed by atoms with Crippen molar-refractivity contribution in [3.05, 3.63) is 71.4 Å². The maximum atomic E-state index is 13.5. The van der Waals surface area contributed by atoms with E-state index in [1.807, 2.05) is 29.2 Å². The van der Waals surface area contributed by atoms with Gasteiger partial charge in [0.25, 0.3) is 0 Å². The molecule has 3 aromatic rings. The molecule has 5 rings (SSSR count). The van der Waals surface area contributed by atoms with Gasteiger partial charge >= 0.3 is 0 Å². The number of nitrogens with zero attached hydrogens (tertiary/aromatic N) is 1. The van der Waals surface area contributed by atoms with Crippen molar-refractivity contribution in [1.82, 2.24) is 15.2 Å². The Morgan fingerprint density at radius 1 is 0.969 bits per heavy atom. The summed E-state index contributed by atoms with van der Waals surface area (Å²) in [6, 6.07) is 18.5. The molecular formula is C27H31N3O2. The van der Waals surface area contributed by atoms with Crippen LogP contribution in [0.3, 0.4) is 0 Å². The first-order valence-electron chi connectivity index (χ1n) is 11.9. The zero-order valence-corrected chi connectivity index (χ0v) is 18.5. The molecule has 1 aliphatic heterocycles. The standard InChI is InChI=1S/C27H31N3O2/c31-26(28-16-14-19-8-2-1-3-9-19)22-11-4-5-12-23(22)27(32)30-17-15-21-20-10-6-7-13-24(20)29-25(21)18-30/h1-3,6-10,13,22-23,29H,4-5,11-12,14-18H2,(H,28,31). The van der Waals surface area contributed by atoms with E-state index < -0.39 is 0 Å². The highest BCUT2D eigenvalue weighted by atomic mass is 16.2. The summed E-state index contributed by atoms with van der Waals surface area (Å²) in [6.07, 6.45) is 5.34. The number of aromatic amines is 1. The number of carbonyl (C=O) groups excluding carboxylic acids is 2. The maximum absolute atomic E-state index is 13.5. The van der Waals surface area contributed by atoms with Gasteiger partial charge in [-0.3, -0.25) is 9.59 Å². The van der Waals surface area contributed by atoms with Crippen LogP contribution in [0.5, 0.6) is 0 Å². The Balaban J connectivity index is 1.24. The highest BCUT2D eigenvalue weighted by molar-refractivity contribution is 5.89. The van der Waals surface area contributed by atoms with Gasteiger partial charge in [-0.25, -0.2) is 0 Å². The van der Waals surface area contributed by atoms with E-state index in [0.717, 1.165) is 56.3 Å². The Morgan fingerprint density at radius 3 is 2.56 bits per heavy atom. The summed E-state index contributed by atoms with van der Waals surface area (Å²) in [5, 5.41) is 4.37. The summed E-state index contributed by atoms with van der Waals surface area (Å²) in [4.78, 5) is 32.0. The van der Waals surface area contributed by atoms with Gasteiger partial charge in [0.1, 0.15) is 0 Å². The number of rotatable bonds is 5. The molecule has 32 heavy (non-hydrogen) atoms. The lowest BCUT2D eigenvalue weighted by Crippen LogP contribution is -2.47. The second-order valence-electron chi connectivity index (χ2n) is 9.16. The number of H-pyrrole nitrogens is 1. The SMILES string of the molecule is O=C(NCCc1ccccc1)C1CCCCC1C(=O)N1CCc2c([nH]c3ccccc23)C1. The molecule has 2 unspecified atom stereocenters. The number of para-hydroxylation sites is 1. The highest BCUT2D eigenvalue weighted by Crippen LogP contribution is 2.34. The zero-order chi connectivity index (χ0) is 21.9. The molecule has 1 fully saturated rings. The lowest BCUT2D eigenvalue weighted by molar-refractivity contribution is -0.144. The summed E-state index contributed by atoms with van der Waals surface area (Å²) >= 11 is 0. The summed E-state index contributed by atoms with van der Waals surface area (Å²) in [5.74, 6) is -0.220. The minimum Gasteiger partial charge on any atom is -0.357 e. The first-order chi connectivity index (χ1) is 15.7. The lowest BCUT2D eigenvalue weighted by Gasteiger charge is -2.35.